The molecule has 3 aromatic rings. The van der Waals surface area contributed by atoms with E-state index in [0.29, 0.717) is 45.5 Å². The number of halogens is 3. The lowest BCUT2D eigenvalue weighted by Crippen LogP contribution is -2.30. The number of rotatable bonds is 7. The highest BCUT2D eigenvalue weighted by atomic mass is 79.9. The summed E-state index contributed by atoms with van der Waals surface area (Å²) in [5.74, 6) is 0.612. The molecule has 1 heterocycles. The van der Waals surface area contributed by atoms with E-state index in [2.05, 4.69) is 37.2 Å². The number of nitrogens with zero attached hydrogens (tertiary/aromatic N) is 1. The van der Waals surface area contributed by atoms with Crippen LogP contribution in [0, 0.1) is 0 Å². The molecular weight excluding hydrogens is 588 g/mol. The van der Waals surface area contributed by atoms with Crippen molar-refractivity contribution in [3.8, 4) is 11.5 Å². The lowest BCUT2D eigenvalue weighted by molar-refractivity contribution is -0.113. The van der Waals surface area contributed by atoms with E-state index in [-0.39, 0.29) is 5.70 Å². The molecule has 1 fully saturated rings. The van der Waals surface area contributed by atoms with Crippen LogP contribution in [0.5, 0.6) is 11.5 Å². The molecule has 9 heteroatoms. The minimum absolute atomic E-state index is 0.151. The van der Waals surface area contributed by atoms with Gasteiger partial charge in [-0.1, -0.05) is 39.7 Å². The fourth-order valence-corrected chi connectivity index (χ4v) is 4.30. The number of imide groups is 1. The highest BCUT2D eigenvalue weighted by Crippen LogP contribution is 2.38. The van der Waals surface area contributed by atoms with Gasteiger partial charge >= 0.3 is 6.03 Å². The molecule has 1 aliphatic rings. The summed E-state index contributed by atoms with van der Waals surface area (Å²) in [5.41, 5.74) is 2.25. The summed E-state index contributed by atoms with van der Waals surface area (Å²) in [5, 5.41) is 3.14. The predicted molar refractivity (Wildman–Crippen MR) is 139 cm³/mol. The number of carbonyl (C=O) groups excluding carboxylic acids is 2. The third kappa shape index (κ3) is 5.46. The summed E-state index contributed by atoms with van der Waals surface area (Å²) in [4.78, 5) is 26.5. The van der Waals surface area contributed by atoms with Crippen LogP contribution in [0.25, 0.3) is 6.08 Å². The Morgan fingerprint density at radius 1 is 1.00 bits per heavy atom. The van der Waals surface area contributed by atoms with Gasteiger partial charge < -0.3 is 14.8 Å². The lowest BCUT2D eigenvalue weighted by Gasteiger charge is -2.15. The maximum atomic E-state index is 12.9. The topological polar surface area (TPSA) is 67.9 Å². The number of ether oxygens (including phenoxy) is 2. The number of benzene rings is 3. The van der Waals surface area contributed by atoms with Crippen molar-refractivity contribution in [2.75, 3.05) is 11.5 Å². The van der Waals surface area contributed by atoms with Crippen molar-refractivity contribution in [1.29, 1.82) is 0 Å². The van der Waals surface area contributed by atoms with Crippen molar-refractivity contribution in [3.63, 3.8) is 0 Å². The van der Waals surface area contributed by atoms with E-state index < -0.39 is 11.9 Å². The van der Waals surface area contributed by atoms with Gasteiger partial charge in [-0.05, 0) is 88.6 Å². The molecule has 3 amide bonds. The highest BCUT2D eigenvalue weighted by molar-refractivity contribution is 9.10. The Hall–Kier alpha value is -2.81. The summed E-state index contributed by atoms with van der Waals surface area (Å²) in [6, 6.07) is 17.4. The largest absolute Gasteiger partial charge is 0.490 e. The summed E-state index contributed by atoms with van der Waals surface area (Å²) in [6.07, 6.45) is 1.60. The zero-order chi connectivity index (χ0) is 24.2. The van der Waals surface area contributed by atoms with E-state index in [1.165, 1.54) is 0 Å². The van der Waals surface area contributed by atoms with Crippen molar-refractivity contribution < 1.29 is 19.1 Å². The van der Waals surface area contributed by atoms with Gasteiger partial charge in [-0.2, -0.15) is 0 Å². The van der Waals surface area contributed by atoms with Crippen molar-refractivity contribution >= 4 is 67.2 Å². The standard InChI is InChI=1S/C25H19Br2ClN2O4/c1-2-33-22-13-16(11-20(27)23(22)34-14-15-3-5-17(26)6-4-15)12-21-24(31)30(25(32)29-21)19-9-7-18(28)8-10-19/h3-13H,2,14H2,1H3,(H,29,32)/b21-12+. The summed E-state index contributed by atoms with van der Waals surface area (Å²) in [7, 11) is 0. The third-order valence-corrected chi connectivity index (χ3v) is 6.27. The van der Waals surface area contributed by atoms with Crippen LogP contribution in [-0.4, -0.2) is 18.5 Å². The Kier molecular flexibility index (Phi) is 7.60. The lowest BCUT2D eigenvalue weighted by atomic mass is 10.1. The zero-order valence-electron chi connectivity index (χ0n) is 18.0. The first-order valence-electron chi connectivity index (χ1n) is 10.3. The summed E-state index contributed by atoms with van der Waals surface area (Å²) >= 11 is 12.9. The van der Waals surface area contributed by atoms with Gasteiger partial charge in [0.1, 0.15) is 12.3 Å². The Labute approximate surface area is 218 Å². The van der Waals surface area contributed by atoms with Crippen molar-refractivity contribution in [1.82, 2.24) is 5.32 Å². The molecule has 0 bridgehead atoms. The van der Waals surface area contributed by atoms with Gasteiger partial charge in [0.15, 0.2) is 11.5 Å². The number of nitrogens with one attached hydrogen (secondary N) is 1. The molecule has 1 saturated heterocycles. The molecule has 174 valence electrons. The molecular formula is C25H19Br2ClN2O4. The molecule has 0 unspecified atom stereocenters. The Morgan fingerprint density at radius 2 is 1.71 bits per heavy atom. The smallest absolute Gasteiger partial charge is 0.333 e. The number of hydrogen-bond donors (Lipinski definition) is 1. The molecule has 1 aliphatic heterocycles. The number of urea groups is 1. The van der Waals surface area contributed by atoms with Crippen LogP contribution in [0.1, 0.15) is 18.1 Å². The monoisotopic (exact) mass is 604 g/mol. The summed E-state index contributed by atoms with van der Waals surface area (Å²) in [6.45, 7) is 2.67. The van der Waals surface area contributed by atoms with Gasteiger partial charge in [-0.15, -0.1) is 0 Å². The highest BCUT2D eigenvalue weighted by Gasteiger charge is 2.34. The second-order valence-corrected chi connectivity index (χ2v) is 9.49. The average molecular weight is 607 g/mol. The third-order valence-electron chi connectivity index (χ3n) is 4.90. The molecule has 1 N–H and O–H groups in total. The van der Waals surface area contributed by atoms with E-state index in [1.54, 1.807) is 42.5 Å². The van der Waals surface area contributed by atoms with Crippen LogP contribution >= 0.6 is 43.5 Å². The number of carbonyl (C=O) groups is 2. The molecule has 6 nitrogen and oxygen atoms in total. The average Bonchev–Trinajstić information content (AvgIpc) is 3.08. The van der Waals surface area contributed by atoms with Gasteiger partial charge in [0.05, 0.1) is 16.8 Å². The normalized spacial score (nSPS) is 14.5. The molecule has 34 heavy (non-hydrogen) atoms. The fraction of sp³-hybridized carbons (Fsp3) is 0.120. The Balaban J connectivity index is 1.59. The quantitative estimate of drug-likeness (QED) is 0.234. The van der Waals surface area contributed by atoms with Gasteiger partial charge in [-0.3, -0.25) is 4.79 Å². The maximum absolute atomic E-state index is 12.9. The Bertz CT molecular complexity index is 1260. The van der Waals surface area contributed by atoms with Crippen LogP contribution in [-0.2, 0) is 11.4 Å². The molecule has 0 saturated carbocycles. The van der Waals surface area contributed by atoms with Crippen molar-refractivity contribution in [2.24, 2.45) is 0 Å². The minimum Gasteiger partial charge on any atom is -0.490 e. The van der Waals surface area contributed by atoms with Gasteiger partial charge in [0.2, 0.25) is 0 Å². The van der Waals surface area contributed by atoms with Crippen LogP contribution in [0.15, 0.2) is 75.3 Å². The first-order valence-corrected chi connectivity index (χ1v) is 12.3. The molecule has 0 aliphatic carbocycles. The number of anilines is 1. The van der Waals surface area contributed by atoms with Gasteiger partial charge in [0.25, 0.3) is 5.91 Å². The van der Waals surface area contributed by atoms with E-state index >= 15 is 0 Å². The molecule has 0 radical (unpaired) electrons. The minimum atomic E-state index is -0.530. The van der Waals surface area contributed by atoms with Gasteiger partial charge in [0, 0.05) is 9.50 Å². The summed E-state index contributed by atoms with van der Waals surface area (Å²) < 4.78 is 13.5. The van der Waals surface area contributed by atoms with Crippen molar-refractivity contribution in [2.45, 2.75) is 13.5 Å². The number of hydrogen-bond acceptors (Lipinski definition) is 4. The first kappa shape index (κ1) is 24.3. The predicted octanol–water partition coefficient (Wildman–Crippen LogP) is 6.94. The molecule has 4 rings (SSSR count). The molecule has 0 aromatic heterocycles. The van der Waals surface area contributed by atoms with E-state index in [1.807, 2.05) is 31.2 Å². The number of amides is 3. The maximum Gasteiger partial charge on any atom is 0.333 e. The zero-order valence-corrected chi connectivity index (χ0v) is 21.9. The second kappa shape index (κ2) is 10.6. The Morgan fingerprint density at radius 3 is 2.38 bits per heavy atom. The van der Waals surface area contributed by atoms with Crippen molar-refractivity contribution in [3.05, 3.63) is 91.5 Å². The fourth-order valence-electron chi connectivity index (χ4n) is 3.34. The van der Waals surface area contributed by atoms with Crippen LogP contribution in [0.2, 0.25) is 5.02 Å². The van der Waals surface area contributed by atoms with E-state index in [4.69, 9.17) is 21.1 Å². The molecule has 0 atom stereocenters. The molecule has 3 aromatic carbocycles. The molecule has 0 spiro atoms. The SMILES string of the molecule is CCOc1cc(/C=C2/NC(=O)N(c3ccc(Cl)cc3)C2=O)cc(Br)c1OCc1ccc(Br)cc1. The van der Waals surface area contributed by atoms with Crippen LogP contribution in [0.3, 0.4) is 0 Å². The second-order valence-electron chi connectivity index (χ2n) is 7.28. The van der Waals surface area contributed by atoms with E-state index in [0.717, 1.165) is 14.9 Å². The van der Waals surface area contributed by atoms with Crippen LogP contribution < -0.4 is 19.7 Å². The van der Waals surface area contributed by atoms with Crippen LogP contribution in [0.4, 0.5) is 10.5 Å². The van der Waals surface area contributed by atoms with E-state index in [9.17, 15) is 9.59 Å². The van der Waals surface area contributed by atoms with Gasteiger partial charge in [-0.25, -0.2) is 9.69 Å². The first-order chi connectivity index (χ1) is 16.4.